The van der Waals surface area contributed by atoms with E-state index in [0.717, 1.165) is 25.7 Å². The van der Waals surface area contributed by atoms with Crippen molar-refractivity contribution in [3.8, 4) is 0 Å². The van der Waals surface area contributed by atoms with E-state index in [-0.39, 0.29) is 103 Å². The summed E-state index contributed by atoms with van der Waals surface area (Å²) in [4.78, 5) is 140. The third-order valence-corrected chi connectivity index (χ3v) is 14.1. The van der Waals surface area contributed by atoms with Crippen LogP contribution in [0.5, 0.6) is 0 Å². The minimum absolute atomic E-state index is 0.000953. The maximum atomic E-state index is 14.6. The van der Waals surface area contributed by atoms with Crippen LogP contribution in [0.1, 0.15) is 131 Å². The number of nitrogens with two attached hydrogens (primary N) is 5. The van der Waals surface area contributed by atoms with Gasteiger partial charge in [-0.3, -0.25) is 53.3 Å². The molecule has 470 valence electrons. The lowest BCUT2D eigenvalue weighted by Crippen LogP contribution is -2.67. The van der Waals surface area contributed by atoms with Crippen molar-refractivity contribution in [3.05, 3.63) is 35.9 Å². The van der Waals surface area contributed by atoms with Crippen molar-refractivity contribution in [1.29, 1.82) is 0 Å². The molecule has 83 heavy (non-hydrogen) atoms. The average molecular weight is 1180 g/mol. The number of rotatable bonds is 29. The fourth-order valence-corrected chi connectivity index (χ4v) is 9.03. The van der Waals surface area contributed by atoms with Gasteiger partial charge in [-0.25, -0.2) is 0 Å². The van der Waals surface area contributed by atoms with Crippen LogP contribution in [0.25, 0.3) is 0 Å². The van der Waals surface area contributed by atoms with Crippen LogP contribution in [0.2, 0.25) is 0 Å². The van der Waals surface area contributed by atoms with Crippen molar-refractivity contribution in [2.24, 2.45) is 34.6 Å². The predicted molar refractivity (Wildman–Crippen MR) is 311 cm³/mol. The minimum Gasteiger partial charge on any atom is -0.391 e. The molecule has 1 aliphatic heterocycles. The van der Waals surface area contributed by atoms with Gasteiger partial charge in [0.2, 0.25) is 59.1 Å². The van der Waals surface area contributed by atoms with Crippen molar-refractivity contribution < 1.29 is 58.2 Å². The number of benzene rings is 1. The van der Waals surface area contributed by atoms with E-state index in [4.69, 9.17) is 28.7 Å². The van der Waals surface area contributed by atoms with Gasteiger partial charge < -0.3 is 92.0 Å². The van der Waals surface area contributed by atoms with Gasteiger partial charge in [-0.2, -0.15) is 0 Å². The topological polar surface area (TPSA) is 474 Å². The molecule has 28 heteroatoms. The summed E-state index contributed by atoms with van der Waals surface area (Å²) in [5.41, 5.74) is 28.1. The van der Waals surface area contributed by atoms with Crippen LogP contribution in [-0.2, 0) is 54.4 Å². The molecule has 0 aliphatic carbocycles. The molecule has 0 spiro atoms. The lowest BCUT2D eigenvalue weighted by molar-refractivity contribution is -0.141. The molecular weight excluding hydrogens is 1080 g/mol. The van der Waals surface area contributed by atoms with Crippen molar-refractivity contribution in [3.63, 3.8) is 0 Å². The Morgan fingerprint density at radius 2 is 1.13 bits per heavy atom. The summed E-state index contributed by atoms with van der Waals surface area (Å²) in [6.07, 6.45) is -0.582. The summed E-state index contributed by atoms with van der Waals surface area (Å²) in [5.74, 6) is -8.29. The second-order valence-corrected chi connectivity index (χ2v) is 21.7. The van der Waals surface area contributed by atoms with E-state index in [1.54, 1.807) is 30.3 Å². The number of aliphatic hydroxyl groups is 2. The monoisotopic (exact) mass is 1170 g/mol. The number of aliphatic hydroxyl groups excluding tert-OH is 2. The Morgan fingerprint density at radius 3 is 1.67 bits per heavy atom. The average Bonchev–Trinajstić information content (AvgIpc) is 3.62. The van der Waals surface area contributed by atoms with Gasteiger partial charge in [0.05, 0.1) is 24.4 Å². The van der Waals surface area contributed by atoms with Gasteiger partial charge in [0, 0.05) is 19.4 Å². The quantitative estimate of drug-likeness (QED) is 0.0335. The first-order chi connectivity index (χ1) is 39.4. The molecular formula is C55H98N16O12. The second kappa shape index (κ2) is 38.5. The lowest BCUT2D eigenvalue weighted by Gasteiger charge is -2.35. The number of amides is 10. The molecule has 1 aromatic rings. The Labute approximate surface area is 487 Å². The van der Waals surface area contributed by atoms with Gasteiger partial charge in [0.15, 0.2) is 0 Å². The van der Waals surface area contributed by atoms with Gasteiger partial charge in [-0.1, -0.05) is 76.8 Å². The van der Waals surface area contributed by atoms with Crippen LogP contribution < -0.4 is 87.2 Å². The zero-order valence-electron chi connectivity index (χ0n) is 49.3. The van der Waals surface area contributed by atoms with E-state index in [1.165, 1.54) is 20.8 Å². The highest BCUT2D eigenvalue weighted by atomic mass is 16.3. The molecule has 0 saturated carbocycles. The summed E-state index contributed by atoms with van der Waals surface area (Å²) in [6, 6.07) is -2.16. The third-order valence-electron chi connectivity index (χ3n) is 14.1. The molecule has 1 fully saturated rings. The highest BCUT2D eigenvalue weighted by Crippen LogP contribution is 2.15. The molecule has 23 N–H and O–H groups in total. The fraction of sp³-hybridized carbons (Fsp3) is 0.709. The highest BCUT2D eigenvalue weighted by Gasteiger charge is 2.43. The van der Waals surface area contributed by atoms with E-state index >= 15 is 0 Å². The number of hydrogen-bond acceptors (Lipinski definition) is 18. The normalized spacial score (nSPS) is 23.1. The Morgan fingerprint density at radius 1 is 0.627 bits per heavy atom. The SMILES string of the molecule is CCCCCCCC(=O)N[C@@H](CCN)C(=O)N[C@@](C)(C(=O)N[C@@H](CCN)C(=O)N[C@H]1CCNC(=O)[C@H]([C@@H](C)O)NC(=O)[C@H](CCN)NC(=O)[C@H](CCN)NC(=O)[C@H](CC(C)C)NC(=O)[C@@H](Cc2ccccc2)NC(=O)[C@H](CCN)N1)[C@H](C)O. The van der Waals surface area contributed by atoms with Crippen molar-refractivity contribution in [1.82, 2.24) is 58.5 Å². The molecule has 28 nitrogen and oxygen atoms in total. The van der Waals surface area contributed by atoms with Crippen LogP contribution in [0.4, 0.5) is 0 Å². The second-order valence-electron chi connectivity index (χ2n) is 21.7. The van der Waals surface area contributed by atoms with Gasteiger partial charge >= 0.3 is 0 Å². The first-order valence-corrected chi connectivity index (χ1v) is 29.1. The summed E-state index contributed by atoms with van der Waals surface area (Å²) < 4.78 is 0. The number of nitrogens with one attached hydrogen (secondary N) is 11. The highest BCUT2D eigenvalue weighted by molar-refractivity contribution is 5.98. The number of unbranched alkanes of at least 4 members (excludes halogenated alkanes) is 4. The van der Waals surface area contributed by atoms with Crippen LogP contribution in [0.3, 0.4) is 0 Å². The minimum atomic E-state index is -2.11. The van der Waals surface area contributed by atoms with Gasteiger partial charge in [-0.15, -0.1) is 0 Å². The molecule has 0 bridgehead atoms. The van der Waals surface area contributed by atoms with Crippen molar-refractivity contribution >= 4 is 59.1 Å². The number of carbonyl (C=O) groups excluding carboxylic acids is 10. The first-order valence-electron chi connectivity index (χ1n) is 29.1. The van der Waals surface area contributed by atoms with Gasteiger partial charge in [-0.05, 0) is 116 Å². The van der Waals surface area contributed by atoms with Crippen LogP contribution in [-0.4, -0.2) is 181 Å². The van der Waals surface area contributed by atoms with E-state index in [1.807, 2.05) is 13.8 Å². The molecule has 2 rings (SSSR count). The standard InChI is InChI=1S/C55H98N16O12/c1-7-8-9-10-14-17-44(74)63-40(22-28-60)52(81)71-55(6,34(5)73)54(83)68-39(21-27-59)48(77)69-43-23-29-61-53(82)45(33(4)72)70-49(78)38(20-26-58)64-47(76)37(19-25-57)65-50(79)41(30-32(2)3)66-51(80)42(31-35-15-12-11-13-16-35)67-46(75)36(62-43)18-24-56/h11-13,15-16,32-34,36-43,45,62,72-73H,7-10,14,17-31,56-60H2,1-6H3,(H,61,82)(H,63,74)(H,64,76)(H,65,79)(H,66,80)(H,67,75)(H,68,83)(H,69,77)(H,70,78)(H,71,81)/t33-,34+,36+,37+,38+,39+,40+,41+,42-,43+,45+,55-/m1/s1. The number of hydrogen-bond donors (Lipinski definition) is 18. The van der Waals surface area contributed by atoms with Crippen molar-refractivity contribution in [2.45, 2.75) is 204 Å². The Bertz CT molecular complexity index is 2230. The third kappa shape index (κ3) is 25.6. The van der Waals surface area contributed by atoms with Crippen molar-refractivity contribution in [2.75, 3.05) is 39.3 Å². The zero-order valence-corrected chi connectivity index (χ0v) is 49.3. The Kier molecular flexibility index (Phi) is 33.7. The summed E-state index contributed by atoms with van der Waals surface area (Å²) in [7, 11) is 0. The molecule has 12 atom stereocenters. The summed E-state index contributed by atoms with van der Waals surface area (Å²) in [5, 5.41) is 51.3. The first kappa shape index (κ1) is 72.7. The smallest absolute Gasteiger partial charge is 0.248 e. The molecule has 1 aromatic carbocycles. The Hall–Kier alpha value is -6.40. The fourth-order valence-electron chi connectivity index (χ4n) is 9.03. The van der Waals surface area contributed by atoms with Gasteiger partial charge in [0.1, 0.15) is 47.8 Å². The largest absolute Gasteiger partial charge is 0.391 e. The molecule has 0 aromatic heterocycles. The predicted octanol–water partition coefficient (Wildman–Crippen LogP) is -4.67. The van der Waals surface area contributed by atoms with Crippen LogP contribution >= 0.6 is 0 Å². The molecule has 1 aliphatic rings. The molecule has 10 amide bonds. The van der Waals surface area contributed by atoms with E-state index in [9.17, 15) is 58.2 Å². The van der Waals surface area contributed by atoms with E-state index < -0.39 is 131 Å². The zero-order chi connectivity index (χ0) is 62.2. The van der Waals surface area contributed by atoms with E-state index in [0.29, 0.717) is 12.0 Å². The summed E-state index contributed by atoms with van der Waals surface area (Å²) >= 11 is 0. The van der Waals surface area contributed by atoms with Gasteiger partial charge in [0.25, 0.3) is 0 Å². The molecule has 0 radical (unpaired) electrons. The molecule has 1 saturated heterocycles. The molecule has 1 heterocycles. The van der Waals surface area contributed by atoms with E-state index in [2.05, 4.69) is 65.4 Å². The molecule has 0 unspecified atom stereocenters. The van der Waals surface area contributed by atoms with Crippen LogP contribution in [0.15, 0.2) is 30.3 Å². The Balaban J connectivity index is 2.70. The van der Waals surface area contributed by atoms with Crippen LogP contribution in [0, 0.1) is 5.92 Å². The summed E-state index contributed by atoms with van der Waals surface area (Å²) in [6.45, 7) is 8.60. The maximum Gasteiger partial charge on any atom is 0.248 e. The lowest BCUT2D eigenvalue weighted by atomic mass is 9.93. The number of carbonyl (C=O) groups is 10. The maximum absolute atomic E-state index is 14.6.